The summed E-state index contributed by atoms with van der Waals surface area (Å²) in [4.78, 5) is 19.0. The summed E-state index contributed by atoms with van der Waals surface area (Å²) >= 11 is 0. The van der Waals surface area contributed by atoms with E-state index in [1.54, 1.807) is 6.20 Å². The van der Waals surface area contributed by atoms with Gasteiger partial charge in [-0.1, -0.05) is 25.1 Å². The number of aromatic nitrogens is 1. The molecule has 0 saturated carbocycles. The smallest absolute Gasteiger partial charge is 0.254 e. The molecule has 1 amide bonds. The fourth-order valence-electron chi connectivity index (χ4n) is 2.83. The van der Waals surface area contributed by atoms with Crippen LogP contribution in [0.1, 0.15) is 30.1 Å². The van der Waals surface area contributed by atoms with Crippen molar-refractivity contribution < 1.29 is 4.79 Å². The van der Waals surface area contributed by atoms with Gasteiger partial charge in [0.25, 0.3) is 5.91 Å². The van der Waals surface area contributed by atoms with Crippen molar-refractivity contribution in [2.45, 2.75) is 19.8 Å². The van der Waals surface area contributed by atoms with Crippen molar-refractivity contribution in [3.63, 3.8) is 0 Å². The Hall–Kier alpha value is -1.90. The molecule has 1 aliphatic rings. The highest BCUT2D eigenvalue weighted by atomic mass is 16.2. The van der Waals surface area contributed by atoms with Gasteiger partial charge in [0, 0.05) is 24.7 Å². The predicted molar refractivity (Wildman–Crippen MR) is 76.0 cm³/mol. The van der Waals surface area contributed by atoms with E-state index in [0.717, 1.165) is 36.0 Å². The molecule has 1 saturated heterocycles. The fraction of sp³-hybridized carbons (Fsp3) is 0.375. The number of hydrogen-bond donors (Lipinski definition) is 0. The van der Waals surface area contributed by atoms with Gasteiger partial charge in [-0.2, -0.15) is 0 Å². The van der Waals surface area contributed by atoms with E-state index in [1.807, 2.05) is 35.2 Å². The van der Waals surface area contributed by atoms with Crippen LogP contribution in [0.5, 0.6) is 0 Å². The average molecular weight is 254 g/mol. The lowest BCUT2D eigenvalue weighted by Gasteiger charge is -2.31. The summed E-state index contributed by atoms with van der Waals surface area (Å²) in [5.74, 6) is 0.746. The predicted octanol–water partition coefficient (Wildman–Crippen LogP) is 3.11. The molecule has 19 heavy (non-hydrogen) atoms. The molecule has 1 aromatic carbocycles. The summed E-state index contributed by atoms with van der Waals surface area (Å²) < 4.78 is 0. The Labute approximate surface area is 113 Å². The Kier molecular flexibility index (Phi) is 3.20. The summed E-state index contributed by atoms with van der Waals surface area (Å²) in [5, 5.41) is 0.952. The first-order valence-corrected chi connectivity index (χ1v) is 6.89. The average Bonchev–Trinajstić information content (AvgIpc) is 2.46. The molecule has 0 radical (unpaired) electrons. The van der Waals surface area contributed by atoms with E-state index in [2.05, 4.69) is 11.9 Å². The molecule has 0 N–H and O–H groups in total. The van der Waals surface area contributed by atoms with Gasteiger partial charge in [0.15, 0.2) is 0 Å². The van der Waals surface area contributed by atoms with Gasteiger partial charge >= 0.3 is 0 Å². The number of rotatable bonds is 1. The van der Waals surface area contributed by atoms with Crippen LogP contribution in [0.2, 0.25) is 0 Å². The van der Waals surface area contributed by atoms with Crippen LogP contribution in [0.15, 0.2) is 36.5 Å². The van der Waals surface area contributed by atoms with E-state index in [4.69, 9.17) is 0 Å². The Morgan fingerprint density at radius 2 is 2.16 bits per heavy atom. The third-order valence-electron chi connectivity index (χ3n) is 3.82. The van der Waals surface area contributed by atoms with Gasteiger partial charge in [-0.3, -0.25) is 9.78 Å². The maximum absolute atomic E-state index is 12.7. The number of benzene rings is 1. The molecule has 3 heteroatoms. The van der Waals surface area contributed by atoms with Gasteiger partial charge < -0.3 is 4.90 Å². The minimum absolute atomic E-state index is 0.144. The summed E-state index contributed by atoms with van der Waals surface area (Å²) in [5.41, 5.74) is 1.66. The highest BCUT2D eigenvalue weighted by Gasteiger charge is 2.23. The number of pyridine rings is 1. The zero-order valence-electron chi connectivity index (χ0n) is 11.2. The fourth-order valence-corrected chi connectivity index (χ4v) is 2.83. The first-order chi connectivity index (χ1) is 9.25. The van der Waals surface area contributed by atoms with Gasteiger partial charge in [-0.05, 0) is 30.9 Å². The molecule has 0 spiro atoms. The molecular formula is C16H18N2O. The third-order valence-corrected chi connectivity index (χ3v) is 3.82. The Morgan fingerprint density at radius 1 is 1.32 bits per heavy atom. The summed E-state index contributed by atoms with van der Waals surface area (Å²) in [6.07, 6.45) is 4.06. The molecule has 1 aromatic heterocycles. The molecule has 1 atom stereocenters. The van der Waals surface area contributed by atoms with Gasteiger partial charge in [0.05, 0.1) is 11.1 Å². The third kappa shape index (κ3) is 2.33. The number of piperidine rings is 1. The molecule has 1 aliphatic heterocycles. The molecular weight excluding hydrogens is 236 g/mol. The van der Waals surface area contributed by atoms with Crippen molar-refractivity contribution in [2.24, 2.45) is 5.92 Å². The number of fused-ring (bicyclic) bond motifs is 1. The van der Waals surface area contributed by atoms with Gasteiger partial charge in [-0.25, -0.2) is 0 Å². The van der Waals surface area contributed by atoms with Crippen LogP contribution in [0.25, 0.3) is 10.9 Å². The van der Waals surface area contributed by atoms with E-state index < -0.39 is 0 Å². The van der Waals surface area contributed by atoms with Crippen LogP contribution >= 0.6 is 0 Å². The molecule has 98 valence electrons. The van der Waals surface area contributed by atoms with Crippen molar-refractivity contribution >= 4 is 16.8 Å². The van der Waals surface area contributed by atoms with Crippen LogP contribution in [0.4, 0.5) is 0 Å². The van der Waals surface area contributed by atoms with Crippen molar-refractivity contribution in [3.05, 3.63) is 42.1 Å². The lowest BCUT2D eigenvalue weighted by atomic mass is 9.99. The first-order valence-electron chi connectivity index (χ1n) is 6.89. The maximum atomic E-state index is 12.7. The normalized spacial score (nSPS) is 19.6. The lowest BCUT2D eigenvalue weighted by molar-refractivity contribution is 0.0685. The second-order valence-electron chi connectivity index (χ2n) is 5.37. The first kappa shape index (κ1) is 12.2. The van der Waals surface area contributed by atoms with Crippen LogP contribution in [0, 0.1) is 5.92 Å². The van der Waals surface area contributed by atoms with Crippen LogP contribution < -0.4 is 0 Å². The zero-order valence-corrected chi connectivity index (χ0v) is 11.2. The lowest BCUT2D eigenvalue weighted by Crippen LogP contribution is -2.39. The van der Waals surface area contributed by atoms with Gasteiger partial charge in [0.1, 0.15) is 0 Å². The standard InChI is InChI=1S/C16H18N2O/c1-12-5-4-10-18(11-12)16(19)14-8-9-17-15-7-3-2-6-13(14)15/h2-3,6-9,12H,4-5,10-11H2,1H3. The molecule has 1 fully saturated rings. The van der Waals surface area contributed by atoms with E-state index in [0.29, 0.717) is 5.92 Å². The van der Waals surface area contributed by atoms with E-state index in [1.165, 1.54) is 6.42 Å². The summed E-state index contributed by atoms with van der Waals surface area (Å²) in [6, 6.07) is 9.67. The number of para-hydroxylation sites is 1. The molecule has 2 heterocycles. The van der Waals surface area contributed by atoms with Crippen molar-refractivity contribution in [3.8, 4) is 0 Å². The van der Waals surface area contributed by atoms with E-state index in [9.17, 15) is 4.79 Å². The van der Waals surface area contributed by atoms with Crippen molar-refractivity contribution in [2.75, 3.05) is 13.1 Å². The highest BCUT2D eigenvalue weighted by Crippen LogP contribution is 2.21. The zero-order chi connectivity index (χ0) is 13.2. The summed E-state index contributed by atoms with van der Waals surface area (Å²) in [7, 11) is 0. The topological polar surface area (TPSA) is 33.2 Å². The quantitative estimate of drug-likeness (QED) is 0.783. The van der Waals surface area contributed by atoms with Crippen LogP contribution in [-0.4, -0.2) is 28.9 Å². The van der Waals surface area contributed by atoms with Crippen molar-refractivity contribution in [1.29, 1.82) is 0 Å². The van der Waals surface area contributed by atoms with E-state index >= 15 is 0 Å². The maximum Gasteiger partial charge on any atom is 0.254 e. The minimum atomic E-state index is 0.144. The molecule has 3 nitrogen and oxygen atoms in total. The second kappa shape index (κ2) is 5.00. The number of carbonyl (C=O) groups is 1. The highest BCUT2D eigenvalue weighted by molar-refractivity contribution is 6.05. The number of amides is 1. The Bertz CT molecular complexity index is 603. The number of hydrogen-bond acceptors (Lipinski definition) is 2. The van der Waals surface area contributed by atoms with Gasteiger partial charge in [-0.15, -0.1) is 0 Å². The number of carbonyl (C=O) groups excluding carboxylic acids is 1. The molecule has 0 aliphatic carbocycles. The Morgan fingerprint density at radius 3 is 3.00 bits per heavy atom. The number of likely N-dealkylation sites (tertiary alicyclic amines) is 1. The second-order valence-corrected chi connectivity index (χ2v) is 5.37. The Balaban J connectivity index is 1.97. The van der Waals surface area contributed by atoms with Crippen LogP contribution in [0.3, 0.4) is 0 Å². The SMILES string of the molecule is CC1CCCN(C(=O)c2ccnc3ccccc23)C1. The van der Waals surface area contributed by atoms with Crippen LogP contribution in [-0.2, 0) is 0 Å². The molecule has 0 bridgehead atoms. The van der Waals surface area contributed by atoms with Crippen molar-refractivity contribution in [1.82, 2.24) is 9.88 Å². The summed E-state index contributed by atoms with van der Waals surface area (Å²) in [6.45, 7) is 3.96. The van der Waals surface area contributed by atoms with E-state index in [-0.39, 0.29) is 5.91 Å². The number of nitrogens with zero attached hydrogens (tertiary/aromatic N) is 2. The molecule has 1 unspecified atom stereocenters. The minimum Gasteiger partial charge on any atom is -0.338 e. The molecule has 2 aromatic rings. The van der Waals surface area contributed by atoms with Gasteiger partial charge in [0.2, 0.25) is 0 Å². The monoisotopic (exact) mass is 254 g/mol. The molecule has 3 rings (SSSR count). The largest absolute Gasteiger partial charge is 0.338 e.